The van der Waals surface area contributed by atoms with Gasteiger partial charge in [-0.05, 0) is 6.07 Å². The fraction of sp³-hybridized carbons (Fsp3) is 0.209. The van der Waals surface area contributed by atoms with Crippen molar-refractivity contribution in [1.82, 2.24) is 9.97 Å². The van der Waals surface area contributed by atoms with Crippen LogP contribution in [-0.4, -0.2) is 108 Å². The second kappa shape index (κ2) is 21.7. The number of aryl methyl sites for hydroxylation is 3. The number of benzene rings is 4. The molecule has 6 aromatic rings. The van der Waals surface area contributed by atoms with Gasteiger partial charge in [-0.1, -0.05) is 6.07 Å². The number of methoxy groups -OCH3 is 4. The summed E-state index contributed by atoms with van der Waals surface area (Å²) in [4.78, 5) is 39.1. The van der Waals surface area contributed by atoms with Gasteiger partial charge in [0.2, 0.25) is 0 Å². The fourth-order valence-corrected chi connectivity index (χ4v) is 9.42. The van der Waals surface area contributed by atoms with E-state index in [-0.39, 0.29) is 35.0 Å². The Kier molecular flexibility index (Phi) is 16.9. The zero-order chi connectivity index (χ0) is 44.1. The van der Waals surface area contributed by atoms with E-state index in [1.165, 1.54) is 14.2 Å². The molecule has 0 bridgehead atoms. The van der Waals surface area contributed by atoms with Gasteiger partial charge in [-0.15, -0.1) is 0 Å². The third-order valence-electron chi connectivity index (χ3n) is 8.61. The molecule has 17 heteroatoms. The Bertz CT molecular complexity index is 2580. The van der Waals surface area contributed by atoms with Gasteiger partial charge in [-0.3, -0.25) is 0 Å². The molecule has 6 rings (SSSR count). The summed E-state index contributed by atoms with van der Waals surface area (Å²) >= 11 is -0.542. The number of esters is 1. The van der Waals surface area contributed by atoms with Gasteiger partial charge >= 0.3 is 293 Å². The summed E-state index contributed by atoms with van der Waals surface area (Å²) in [5, 5.41) is 27.1. The van der Waals surface area contributed by atoms with E-state index in [1.807, 2.05) is 56.3 Å². The quantitative estimate of drug-likeness (QED) is 0.0725. The summed E-state index contributed by atoms with van der Waals surface area (Å²) < 4.78 is 28.2. The molecule has 0 aliphatic rings. The summed E-state index contributed by atoms with van der Waals surface area (Å²) in [6.07, 6.45) is 0. The van der Waals surface area contributed by atoms with Crippen molar-refractivity contribution in [3.63, 3.8) is 0 Å². The molecule has 0 aliphatic heterocycles. The first-order valence-corrected chi connectivity index (χ1v) is 21.3. The van der Waals surface area contributed by atoms with E-state index in [9.17, 15) is 14.7 Å². The van der Waals surface area contributed by atoms with Gasteiger partial charge in [0.05, 0.1) is 14.2 Å². The molecule has 0 saturated carbocycles. The van der Waals surface area contributed by atoms with Crippen LogP contribution < -0.4 is 24.4 Å². The number of carbonyl (C=O) groups excluding carboxylic acids is 1. The topological polar surface area (TPSA) is 175 Å². The number of carboxylic acids is 1. The number of hydrogen-bond donors (Lipinski definition) is 3. The SMILES string of the molecule is COc1ccc(B(O)O)c(OC)c1.[C-]#[N+]c1cc(-c2nc(C)c(C(=O)O)[se]2)ccc1-c1ccc(OC)cc1OC.[C-]#[N+]c1cc(-c2nc(C)c(C(=O)OCC)[se]2)ccc1C. The summed E-state index contributed by atoms with van der Waals surface area (Å²) in [7, 11) is 4.62. The van der Waals surface area contributed by atoms with Crippen molar-refractivity contribution in [2.75, 3.05) is 35.0 Å². The Morgan fingerprint density at radius 3 is 1.72 bits per heavy atom. The number of aromatic carboxylic acids is 1. The molecule has 308 valence electrons. The Labute approximate surface area is 360 Å². The molecule has 0 fully saturated rings. The molecule has 2 heterocycles. The Balaban J connectivity index is 0.000000212. The first kappa shape index (κ1) is 46.5. The minimum atomic E-state index is -1.53. The fourth-order valence-electron chi connectivity index (χ4n) is 5.52. The van der Waals surface area contributed by atoms with Gasteiger partial charge in [-0.2, -0.15) is 0 Å². The van der Waals surface area contributed by atoms with Crippen molar-refractivity contribution in [2.24, 2.45) is 0 Å². The molecule has 4 aromatic carbocycles. The summed E-state index contributed by atoms with van der Waals surface area (Å²) in [5.41, 5.74) is 6.82. The van der Waals surface area contributed by atoms with Gasteiger partial charge in [0.15, 0.2) is 0 Å². The third-order valence-corrected chi connectivity index (χ3v) is 13.6. The maximum absolute atomic E-state index is 11.8. The molecule has 0 spiro atoms. The molecule has 0 saturated heterocycles. The Morgan fingerprint density at radius 1 is 0.683 bits per heavy atom. The second-order valence-electron chi connectivity index (χ2n) is 12.4. The molecule has 0 radical (unpaired) electrons. The molecule has 0 aliphatic carbocycles. The van der Waals surface area contributed by atoms with Gasteiger partial charge in [0, 0.05) is 11.5 Å². The van der Waals surface area contributed by atoms with E-state index in [2.05, 4.69) is 19.7 Å². The maximum atomic E-state index is 11.8. The van der Waals surface area contributed by atoms with Crippen LogP contribution in [0.3, 0.4) is 0 Å². The monoisotopic (exact) mass is 944 g/mol. The van der Waals surface area contributed by atoms with Crippen molar-refractivity contribution in [3.05, 3.63) is 121 Å². The average Bonchev–Trinajstić information content (AvgIpc) is 3.86. The van der Waals surface area contributed by atoms with Crippen LogP contribution in [0.5, 0.6) is 23.0 Å². The number of carboxylic acid groups (broad SMARTS) is 1. The number of carbonyl (C=O) groups is 2. The van der Waals surface area contributed by atoms with Crippen LogP contribution in [0.15, 0.2) is 72.8 Å². The van der Waals surface area contributed by atoms with Gasteiger partial charge in [0.25, 0.3) is 0 Å². The first-order chi connectivity index (χ1) is 28.7. The van der Waals surface area contributed by atoms with E-state index in [0.717, 1.165) is 42.6 Å². The van der Waals surface area contributed by atoms with Gasteiger partial charge in [0.1, 0.15) is 11.5 Å². The number of hydrogen-bond acceptors (Lipinski definition) is 11. The molecule has 14 nitrogen and oxygen atoms in total. The molecular weight excluding hydrogens is 901 g/mol. The van der Waals surface area contributed by atoms with E-state index in [1.54, 1.807) is 58.4 Å². The van der Waals surface area contributed by atoms with E-state index in [0.29, 0.717) is 61.0 Å². The van der Waals surface area contributed by atoms with Crippen LogP contribution in [0.1, 0.15) is 42.3 Å². The number of ether oxygens (including phenoxy) is 5. The molecule has 0 atom stereocenters. The Morgan fingerprint density at radius 2 is 1.20 bits per heavy atom. The van der Waals surface area contributed by atoms with Crippen LogP contribution in [0, 0.1) is 33.9 Å². The average molecular weight is 943 g/mol. The van der Waals surface area contributed by atoms with E-state index in [4.69, 9.17) is 46.9 Å². The molecule has 0 unspecified atom stereocenters. The van der Waals surface area contributed by atoms with Crippen LogP contribution in [0.2, 0.25) is 0 Å². The first-order valence-electron chi connectivity index (χ1n) is 17.9. The predicted octanol–water partition coefficient (Wildman–Crippen LogP) is 6.58. The zero-order valence-electron chi connectivity index (χ0n) is 34.0. The van der Waals surface area contributed by atoms with Crippen molar-refractivity contribution < 1.29 is 48.4 Å². The summed E-state index contributed by atoms with van der Waals surface area (Å²) in [5.74, 6) is 1.08. The number of aromatic nitrogens is 2. The van der Waals surface area contributed by atoms with Crippen molar-refractivity contribution >= 4 is 64.9 Å². The van der Waals surface area contributed by atoms with E-state index < -0.39 is 13.1 Å². The molecular formula is C43H41BN4O10Se2. The molecule has 0 amide bonds. The van der Waals surface area contributed by atoms with Crippen LogP contribution in [0.4, 0.5) is 11.4 Å². The summed E-state index contributed by atoms with van der Waals surface area (Å²) in [6.45, 7) is 22.3. The molecule has 2 aromatic heterocycles. The van der Waals surface area contributed by atoms with Crippen molar-refractivity contribution in [3.8, 4) is 54.4 Å². The third kappa shape index (κ3) is 11.3. The zero-order valence-corrected chi connectivity index (χ0v) is 37.4. The van der Waals surface area contributed by atoms with Crippen molar-refractivity contribution in [2.45, 2.75) is 27.7 Å². The normalized spacial score (nSPS) is 10.1. The second-order valence-corrected chi connectivity index (χ2v) is 16.6. The number of rotatable bonds is 11. The van der Waals surface area contributed by atoms with Crippen LogP contribution in [-0.2, 0) is 4.74 Å². The molecule has 3 N–H and O–H groups in total. The Hall–Kier alpha value is -6.16. The van der Waals surface area contributed by atoms with Gasteiger partial charge < -0.3 is 19.5 Å². The summed E-state index contributed by atoms with van der Waals surface area (Å²) in [6, 6.07) is 21.4. The van der Waals surface area contributed by atoms with Crippen LogP contribution >= 0.6 is 0 Å². The van der Waals surface area contributed by atoms with Crippen molar-refractivity contribution in [1.29, 1.82) is 0 Å². The van der Waals surface area contributed by atoms with Gasteiger partial charge in [-0.25, -0.2) is 0 Å². The number of nitrogens with zero attached hydrogens (tertiary/aromatic N) is 4. The van der Waals surface area contributed by atoms with Crippen LogP contribution in [0.25, 0.3) is 41.1 Å². The predicted molar refractivity (Wildman–Crippen MR) is 231 cm³/mol. The minimum absolute atomic E-state index is 0.162. The molecule has 60 heavy (non-hydrogen) atoms. The standard InChI is InChI=1S/C20H16N2O4Se.C15H14N2O2Se.C8H11BO4/c1-11-18(20(23)24)27-19(22-11)12-5-7-14(16(9-12)21-2)15-8-6-13(25-3)10-17(15)26-4;1-5-19-15(18)13-10(3)17-14(20-13)11-7-6-9(2)12(8-11)16-4;1-12-6-3-4-7(9(10)11)8(5-6)13-2/h5-10H,1,3-4H3,(H,23,24);6-8H,5H2,1-3H3;3-5,10-11H,1-2H3. The van der Waals surface area contributed by atoms with E-state index >= 15 is 0 Å².